The maximum absolute atomic E-state index is 12.2. The minimum Gasteiger partial charge on any atom is -0.461 e. The Morgan fingerprint density at radius 3 is 2.58 bits per heavy atom. The molecule has 174 valence electrons. The van der Waals surface area contributed by atoms with E-state index in [1.54, 1.807) is 26.0 Å². The first-order chi connectivity index (χ1) is 15.7. The Morgan fingerprint density at radius 1 is 1.33 bits per heavy atom. The summed E-state index contributed by atoms with van der Waals surface area (Å²) in [5.41, 5.74) is 12.2. The van der Waals surface area contributed by atoms with Gasteiger partial charge in [-0.15, -0.1) is 0 Å². The fraction of sp³-hybridized carbons (Fsp3) is 0.350. The lowest BCUT2D eigenvalue weighted by Crippen LogP contribution is -2.49. The number of amides is 1. The first kappa shape index (κ1) is 22.8. The minimum absolute atomic E-state index is 0.0275. The molecular weight excluding hydrogens is 468 g/mol. The maximum Gasteiger partial charge on any atom is 0.410 e. The largest absolute Gasteiger partial charge is 0.461 e. The summed E-state index contributed by atoms with van der Waals surface area (Å²) in [6.07, 6.45) is -1.02. The fourth-order valence-corrected chi connectivity index (χ4v) is 5.84. The molecule has 1 fully saturated rings. The number of nitrogens with zero attached hydrogens (tertiary/aromatic N) is 4. The molecule has 0 radical (unpaired) electrons. The van der Waals surface area contributed by atoms with E-state index in [0.717, 1.165) is 11.3 Å². The van der Waals surface area contributed by atoms with Gasteiger partial charge in [0.15, 0.2) is 0 Å². The van der Waals surface area contributed by atoms with Crippen LogP contribution in [0.15, 0.2) is 16.5 Å². The Morgan fingerprint density at radius 2 is 2.03 bits per heavy atom. The van der Waals surface area contributed by atoms with Crippen molar-refractivity contribution >= 4 is 49.2 Å². The molecule has 4 rings (SSSR count). The number of anilines is 2. The number of hydrogen-bond donors (Lipinski definition) is 2. The summed E-state index contributed by atoms with van der Waals surface area (Å²) >= 11 is 1.03. The van der Waals surface area contributed by atoms with Gasteiger partial charge >= 0.3 is 6.09 Å². The number of sulfonamides is 1. The van der Waals surface area contributed by atoms with Crippen molar-refractivity contribution in [1.82, 2.24) is 9.29 Å². The predicted molar refractivity (Wildman–Crippen MR) is 125 cm³/mol. The van der Waals surface area contributed by atoms with Gasteiger partial charge in [-0.1, -0.05) is 11.3 Å². The van der Waals surface area contributed by atoms with Crippen molar-refractivity contribution in [2.24, 2.45) is 5.73 Å². The van der Waals surface area contributed by atoms with E-state index >= 15 is 0 Å². The minimum atomic E-state index is -3.31. The first-order valence-electron chi connectivity index (χ1n) is 10.1. The second-order valence-electron chi connectivity index (χ2n) is 7.40. The molecule has 1 aliphatic rings. The van der Waals surface area contributed by atoms with Gasteiger partial charge in [-0.05, 0) is 26.0 Å². The molecule has 1 saturated heterocycles. The summed E-state index contributed by atoms with van der Waals surface area (Å²) in [5, 5.41) is 10.6. The number of carbonyl (C=O) groups is 1. The molecule has 3 aromatic rings. The fourth-order valence-electron chi connectivity index (χ4n) is 3.80. The van der Waals surface area contributed by atoms with Crippen LogP contribution >= 0.6 is 11.3 Å². The normalized spacial score (nSPS) is 15.0. The van der Waals surface area contributed by atoms with E-state index in [1.807, 2.05) is 4.90 Å². The standard InChI is InChI=1S/C20H22N6O5S2/c1-3-33(28,29)26-8-6-25(7-9-26)17-12(10-21)14(13-5-4-11(2)30-13)15-16(22)19(31-20(23)27)32-18(15)24-17/h4-5H,3,6-9,22H2,1-2H3,(H2,23,27). The number of nitriles is 1. The highest BCUT2D eigenvalue weighted by atomic mass is 32.2. The average molecular weight is 491 g/mol. The van der Waals surface area contributed by atoms with E-state index in [1.165, 1.54) is 4.31 Å². The molecule has 0 unspecified atom stereocenters. The zero-order valence-electron chi connectivity index (χ0n) is 18.0. The second kappa shape index (κ2) is 8.54. The number of hydrogen-bond acceptors (Lipinski definition) is 10. The number of ether oxygens (including phenoxy) is 1. The maximum atomic E-state index is 12.2. The number of aromatic nitrogens is 1. The summed E-state index contributed by atoms with van der Waals surface area (Å²) in [6, 6.07) is 5.70. The monoisotopic (exact) mass is 490 g/mol. The Bertz CT molecular complexity index is 1380. The van der Waals surface area contributed by atoms with Crippen LogP contribution in [0.3, 0.4) is 0 Å². The van der Waals surface area contributed by atoms with E-state index in [2.05, 4.69) is 11.1 Å². The zero-order valence-corrected chi connectivity index (χ0v) is 19.6. The van der Waals surface area contributed by atoms with E-state index < -0.39 is 16.1 Å². The van der Waals surface area contributed by atoms with Gasteiger partial charge in [0.1, 0.15) is 33.8 Å². The van der Waals surface area contributed by atoms with Gasteiger partial charge in [0.2, 0.25) is 15.1 Å². The smallest absolute Gasteiger partial charge is 0.410 e. The quantitative estimate of drug-likeness (QED) is 0.544. The van der Waals surface area contributed by atoms with Crippen molar-refractivity contribution in [3.05, 3.63) is 23.5 Å². The molecule has 0 saturated carbocycles. The molecule has 0 aliphatic carbocycles. The molecule has 0 bridgehead atoms. The summed E-state index contributed by atoms with van der Waals surface area (Å²) in [4.78, 5) is 18.3. The third-order valence-electron chi connectivity index (χ3n) is 5.41. The molecule has 1 aliphatic heterocycles. The van der Waals surface area contributed by atoms with Gasteiger partial charge < -0.3 is 25.5 Å². The van der Waals surface area contributed by atoms with E-state index in [-0.39, 0.29) is 35.2 Å². The van der Waals surface area contributed by atoms with Crippen LogP contribution in [-0.2, 0) is 10.0 Å². The number of primary amides is 1. The number of piperazine rings is 1. The van der Waals surface area contributed by atoms with Crippen molar-refractivity contribution in [3.63, 3.8) is 0 Å². The number of aryl methyl sites for hydroxylation is 1. The molecular formula is C20H22N6O5S2. The van der Waals surface area contributed by atoms with Gasteiger partial charge in [-0.2, -0.15) is 9.57 Å². The van der Waals surface area contributed by atoms with Crippen LogP contribution in [0.5, 0.6) is 5.06 Å². The van der Waals surface area contributed by atoms with E-state index in [0.29, 0.717) is 46.2 Å². The van der Waals surface area contributed by atoms with Gasteiger partial charge in [0, 0.05) is 26.2 Å². The molecule has 0 atom stereocenters. The molecule has 1 amide bonds. The lowest BCUT2D eigenvalue weighted by Gasteiger charge is -2.35. The van der Waals surface area contributed by atoms with E-state index in [4.69, 9.17) is 20.6 Å². The Hall–Kier alpha value is -3.34. The number of nitrogen functional groups attached to an aromatic ring is 1. The van der Waals surface area contributed by atoms with Crippen LogP contribution in [-0.4, -0.2) is 55.7 Å². The van der Waals surface area contributed by atoms with Crippen LogP contribution in [0.4, 0.5) is 16.3 Å². The third kappa shape index (κ3) is 4.08. The van der Waals surface area contributed by atoms with Crippen molar-refractivity contribution in [3.8, 4) is 22.5 Å². The molecule has 33 heavy (non-hydrogen) atoms. The molecule has 4 N–H and O–H groups in total. The SMILES string of the molecule is CCS(=O)(=O)N1CCN(c2nc3sc(OC(N)=O)c(N)c3c(-c3ccc(C)o3)c2C#N)CC1. The predicted octanol–water partition coefficient (Wildman–Crippen LogP) is 2.25. The summed E-state index contributed by atoms with van der Waals surface area (Å²) in [6.45, 7) is 4.65. The van der Waals surface area contributed by atoms with E-state index in [9.17, 15) is 18.5 Å². The highest BCUT2D eigenvalue weighted by Gasteiger charge is 2.31. The Kier molecular flexibility index (Phi) is 5.91. The average Bonchev–Trinajstić information content (AvgIpc) is 3.35. The molecule has 11 nitrogen and oxygen atoms in total. The number of nitrogens with two attached hydrogens (primary N) is 2. The number of thiophene rings is 1. The molecule has 0 aromatic carbocycles. The van der Waals surface area contributed by atoms with Crippen molar-refractivity contribution in [1.29, 1.82) is 5.26 Å². The number of pyridine rings is 1. The number of carbonyl (C=O) groups excluding carboxylic acids is 1. The summed E-state index contributed by atoms with van der Waals surface area (Å²) in [7, 11) is -3.31. The van der Waals surface area contributed by atoms with Crippen molar-refractivity contribution < 1.29 is 22.4 Å². The summed E-state index contributed by atoms with van der Waals surface area (Å²) in [5.74, 6) is 1.47. The van der Waals surface area contributed by atoms with Gasteiger partial charge in [0.25, 0.3) is 0 Å². The molecule has 3 aromatic heterocycles. The highest BCUT2D eigenvalue weighted by molar-refractivity contribution is 7.89. The Balaban J connectivity index is 1.88. The second-order valence-corrected chi connectivity index (χ2v) is 10.6. The van der Waals surface area contributed by atoms with Crippen LogP contribution in [0.2, 0.25) is 0 Å². The topological polar surface area (TPSA) is 169 Å². The third-order valence-corrected chi connectivity index (χ3v) is 8.27. The Labute approximate surface area is 194 Å². The number of rotatable bonds is 5. The molecule has 0 spiro atoms. The first-order valence-corrected chi connectivity index (χ1v) is 12.5. The molecule has 4 heterocycles. The highest BCUT2D eigenvalue weighted by Crippen LogP contribution is 2.47. The number of furan rings is 1. The van der Waals surface area contributed by atoms with Crippen LogP contribution in [0.25, 0.3) is 21.5 Å². The van der Waals surface area contributed by atoms with Gasteiger partial charge in [0.05, 0.1) is 22.4 Å². The van der Waals surface area contributed by atoms with Gasteiger partial charge in [-0.25, -0.2) is 18.2 Å². The van der Waals surface area contributed by atoms with Crippen LogP contribution in [0, 0.1) is 18.3 Å². The lowest BCUT2D eigenvalue weighted by atomic mass is 10.0. The zero-order chi connectivity index (χ0) is 23.9. The van der Waals surface area contributed by atoms with Crippen LogP contribution < -0.4 is 21.1 Å². The number of fused-ring (bicyclic) bond motifs is 1. The van der Waals surface area contributed by atoms with Crippen molar-refractivity contribution in [2.45, 2.75) is 13.8 Å². The molecule has 13 heteroatoms. The van der Waals surface area contributed by atoms with Gasteiger partial charge in [-0.3, -0.25) is 0 Å². The lowest BCUT2D eigenvalue weighted by molar-refractivity contribution is 0.212. The van der Waals surface area contributed by atoms with Crippen LogP contribution in [0.1, 0.15) is 18.2 Å². The van der Waals surface area contributed by atoms with Crippen molar-refractivity contribution in [2.75, 3.05) is 42.6 Å². The summed E-state index contributed by atoms with van der Waals surface area (Å²) < 4.78 is 36.8.